The molecule has 0 rings (SSSR count). The van der Waals surface area contributed by atoms with E-state index in [1.54, 1.807) is 60.8 Å². The molecule has 8 atom stereocenters. The molecule has 0 saturated heterocycles. The number of carboxylic acids is 3. The predicted octanol–water partition coefficient (Wildman–Crippen LogP) is 3.98. The van der Waals surface area contributed by atoms with Gasteiger partial charge in [-0.05, 0) is 57.8 Å². The van der Waals surface area contributed by atoms with Gasteiger partial charge in [-0.25, -0.2) is 0 Å². The number of unbranched alkanes of at least 4 members (excludes halogenated alkanes) is 7. The van der Waals surface area contributed by atoms with Crippen LogP contribution in [0.4, 0.5) is 0 Å². The number of aliphatic hydroxyl groups is 6. The molecular weight excluding hydrogens is 895 g/mol. The third kappa shape index (κ3) is 60.8. The minimum Gasteiger partial charge on any atom is -0.670 e. The standard InChI is InChI=1S/C20H32O5.C20H34O3.C7H14NO2.C6H13N2O2.Mg/c1-2-3-8-12-17(21)13-9-6-4-5-7-10-14-18(22)19(23)15-11-16-20(24)25;1-3-5-11-14-18(21)15-12-9-7-8-10-13-17-20(23)19(22)16-6-4-2;1-6(7(9)10)4-2-3-5-8;7-4-2-1-3-5(8)6(9)10;/h4-7,9-10,13-14,17-19,21-23H,2-3,8,11-12,15-16H2,1H3,(H,24,25);7-10,12-13,15,17-23H,3-6,11,14,16H2,1-2H3;6H,1-5,8H2,(H,9,10);5,8H,1-4,7H2,(H,9,10);/q;;2*-1;+2/b6-4-,7-5+,13-9+,14-10+;9-7-,10-8+,15-12+,17-13+;;;/t17-,18+,19-;18-,19-,20+;6-;5-;/m0000./s1. The fourth-order valence-corrected chi connectivity index (χ4v) is 5.46. The molecule has 0 aliphatic carbocycles. The van der Waals surface area contributed by atoms with E-state index in [1.807, 2.05) is 30.4 Å². The number of carboxylic acid groups (broad SMARTS) is 3. The number of aliphatic carboxylic acids is 3. The smallest absolute Gasteiger partial charge is 0.670 e. The van der Waals surface area contributed by atoms with E-state index in [2.05, 4.69) is 39.2 Å². The van der Waals surface area contributed by atoms with Crippen molar-refractivity contribution in [3.8, 4) is 0 Å². The first-order valence-corrected chi connectivity index (χ1v) is 24.7. The molecular formula is C53H93MgN3O12. The Kier molecular flexibility index (Phi) is 62.0. The molecule has 0 heterocycles. The van der Waals surface area contributed by atoms with Crippen LogP contribution in [0.5, 0.6) is 0 Å². The Bertz CT molecular complexity index is 1390. The second-order valence-electron chi connectivity index (χ2n) is 16.3. The van der Waals surface area contributed by atoms with Crippen molar-refractivity contribution in [3.63, 3.8) is 0 Å². The van der Waals surface area contributed by atoms with Crippen molar-refractivity contribution in [1.29, 1.82) is 0 Å². The van der Waals surface area contributed by atoms with E-state index >= 15 is 0 Å². The molecule has 0 unspecified atom stereocenters. The molecule has 14 N–H and O–H groups in total. The summed E-state index contributed by atoms with van der Waals surface area (Å²) in [5.74, 6) is -3.78. The van der Waals surface area contributed by atoms with Crippen molar-refractivity contribution in [2.24, 2.45) is 5.92 Å². The average Bonchev–Trinajstić information content (AvgIpc) is 3.30. The number of hydrogen-bond donors (Lipinski definition) is 9. The van der Waals surface area contributed by atoms with Gasteiger partial charge in [0.25, 0.3) is 0 Å². The van der Waals surface area contributed by atoms with E-state index in [4.69, 9.17) is 10.8 Å². The molecule has 15 nitrogen and oxygen atoms in total. The molecule has 0 fully saturated rings. The van der Waals surface area contributed by atoms with Crippen LogP contribution < -0.4 is 21.7 Å². The molecule has 0 aromatic carbocycles. The Morgan fingerprint density at radius 2 is 0.841 bits per heavy atom. The Morgan fingerprint density at radius 3 is 1.19 bits per heavy atom. The minimum atomic E-state index is -1.27. The fraction of sp³-hybridized carbons (Fsp3) is 0.623. The predicted molar refractivity (Wildman–Crippen MR) is 274 cm³/mol. The van der Waals surface area contributed by atoms with Crippen LogP contribution in [0.2, 0.25) is 0 Å². The van der Waals surface area contributed by atoms with Crippen LogP contribution in [-0.4, -0.2) is 132 Å². The largest absolute Gasteiger partial charge is 2.00 e. The quantitative estimate of drug-likeness (QED) is 0.0185. The van der Waals surface area contributed by atoms with Crippen molar-refractivity contribution < 1.29 is 71.8 Å². The molecule has 16 heteroatoms. The van der Waals surface area contributed by atoms with Gasteiger partial charge in [0.15, 0.2) is 0 Å². The molecule has 69 heavy (non-hydrogen) atoms. The Labute approximate surface area is 431 Å². The van der Waals surface area contributed by atoms with Gasteiger partial charge in [-0.2, -0.15) is 0 Å². The molecule has 0 aliphatic heterocycles. The summed E-state index contributed by atoms with van der Waals surface area (Å²) in [4.78, 5) is 30.5. The van der Waals surface area contributed by atoms with Crippen LogP contribution in [0.25, 0.3) is 5.73 Å². The normalized spacial score (nSPS) is 15.3. The van der Waals surface area contributed by atoms with Crippen molar-refractivity contribution in [3.05, 3.63) is 110 Å². The summed E-state index contributed by atoms with van der Waals surface area (Å²) >= 11 is 0. The number of carbonyl (C=O) groups excluding carboxylic acids is 2. The molecule has 0 saturated carbocycles. The van der Waals surface area contributed by atoms with E-state index < -0.39 is 60.4 Å². The third-order valence-corrected chi connectivity index (χ3v) is 9.80. The molecule has 0 radical (unpaired) electrons. The van der Waals surface area contributed by atoms with E-state index in [0.717, 1.165) is 96.6 Å². The monoisotopic (exact) mass is 988 g/mol. The van der Waals surface area contributed by atoms with Crippen LogP contribution in [0, 0.1) is 12.8 Å². The average molecular weight is 989 g/mol. The van der Waals surface area contributed by atoms with Gasteiger partial charge in [0.2, 0.25) is 0 Å². The van der Waals surface area contributed by atoms with E-state index in [-0.39, 0.29) is 42.0 Å². The van der Waals surface area contributed by atoms with Crippen molar-refractivity contribution in [2.45, 2.75) is 192 Å². The van der Waals surface area contributed by atoms with Crippen LogP contribution in [0.3, 0.4) is 0 Å². The molecule has 394 valence electrons. The Balaban J connectivity index is -0.000000283. The number of allylic oxidation sites excluding steroid dienone is 12. The number of nitrogens with one attached hydrogen (secondary N) is 1. The summed E-state index contributed by atoms with van der Waals surface area (Å²) in [6, 6.07) is -1.05. The number of hydrogen-bond acceptors (Lipinski definition) is 11. The summed E-state index contributed by atoms with van der Waals surface area (Å²) in [5.41, 5.74) is 14.2. The van der Waals surface area contributed by atoms with Crippen molar-refractivity contribution in [2.75, 3.05) is 13.1 Å². The molecule has 0 aromatic rings. The van der Waals surface area contributed by atoms with Gasteiger partial charge in [-0.15, -0.1) is 5.92 Å². The van der Waals surface area contributed by atoms with Gasteiger partial charge in [0, 0.05) is 18.4 Å². The molecule has 0 spiro atoms. The van der Waals surface area contributed by atoms with Gasteiger partial charge >= 0.3 is 29.0 Å². The first-order valence-electron chi connectivity index (χ1n) is 24.7. The zero-order valence-electron chi connectivity index (χ0n) is 42.4. The van der Waals surface area contributed by atoms with Crippen LogP contribution in [0.1, 0.15) is 149 Å². The van der Waals surface area contributed by atoms with Gasteiger partial charge in [0.1, 0.15) is 0 Å². The summed E-state index contributed by atoms with van der Waals surface area (Å²) < 4.78 is 0. The maximum Gasteiger partial charge on any atom is 2.00 e. The first-order chi connectivity index (χ1) is 32.4. The molecule has 0 aliphatic rings. The maximum atomic E-state index is 10.4. The number of rotatable bonds is 37. The van der Waals surface area contributed by atoms with E-state index in [9.17, 15) is 55.2 Å². The zero-order chi connectivity index (χ0) is 52.2. The Morgan fingerprint density at radius 1 is 0.493 bits per heavy atom. The SMILES string of the molecule is CCCCC[C@H](O)/C=C/C=C\C=C\C=C\[C@@H](O)[C@@H](O)CCCC.CCCCC[C@H](O)/C=C/C=C\C=C\C=C\[C@@H](O)[C@@H](O)CCCC(=O)O.[CH2-][C@@H](CCCC[NH3+])C(=O)[O-].[Mg+2].[NH-][C@@H](CCCC[NH3+])C(=O)[O-]. The zero-order valence-corrected chi connectivity index (χ0v) is 43.8. The number of carbonyl (C=O) groups is 3. The minimum absolute atomic E-state index is 0. The van der Waals surface area contributed by atoms with Crippen LogP contribution >= 0.6 is 0 Å². The first kappa shape index (κ1) is 74.7. The van der Waals surface area contributed by atoms with Crippen LogP contribution in [0.15, 0.2) is 97.2 Å². The van der Waals surface area contributed by atoms with Gasteiger partial charge < -0.3 is 79.7 Å². The second kappa shape index (κ2) is 57.3. The topological polar surface area (TPSA) is 318 Å². The van der Waals surface area contributed by atoms with Crippen molar-refractivity contribution >= 4 is 41.0 Å². The molecule has 0 bridgehead atoms. The van der Waals surface area contributed by atoms with Crippen LogP contribution in [-0.2, 0) is 14.4 Å². The fourth-order valence-electron chi connectivity index (χ4n) is 5.46. The summed E-state index contributed by atoms with van der Waals surface area (Å²) in [7, 11) is 0. The molecule has 0 aromatic heterocycles. The summed E-state index contributed by atoms with van der Waals surface area (Å²) in [6.45, 7) is 11.4. The van der Waals surface area contributed by atoms with Gasteiger partial charge in [-0.1, -0.05) is 188 Å². The third-order valence-electron chi connectivity index (χ3n) is 9.80. The summed E-state index contributed by atoms with van der Waals surface area (Å²) in [6.07, 6.45) is 39.7. The van der Waals surface area contributed by atoms with Gasteiger partial charge in [0.05, 0.1) is 49.7 Å². The van der Waals surface area contributed by atoms with E-state index in [0.29, 0.717) is 25.7 Å². The second-order valence-corrected chi connectivity index (χ2v) is 16.3. The number of aliphatic hydroxyl groups excluding tert-OH is 6. The Hall–Kier alpha value is -3.26. The molecule has 0 amide bonds. The van der Waals surface area contributed by atoms with Crippen molar-refractivity contribution in [1.82, 2.24) is 0 Å². The maximum absolute atomic E-state index is 10.4. The number of quaternary nitrogens is 2. The van der Waals surface area contributed by atoms with Gasteiger partial charge in [-0.3, -0.25) is 4.79 Å². The van der Waals surface area contributed by atoms with E-state index in [1.165, 1.54) is 12.5 Å². The summed E-state index contributed by atoms with van der Waals surface area (Å²) in [5, 5.41) is 86.7.